The highest BCUT2D eigenvalue weighted by molar-refractivity contribution is 4.83. The first kappa shape index (κ1) is 17.9. The second-order valence-electron chi connectivity index (χ2n) is 5.93. The van der Waals surface area contributed by atoms with Crippen molar-refractivity contribution in [3.8, 4) is 0 Å². The summed E-state index contributed by atoms with van der Waals surface area (Å²) >= 11 is 0. The van der Waals surface area contributed by atoms with Gasteiger partial charge in [0.2, 0.25) is 0 Å². The SMILES string of the molecule is CCCC(O)C(CCO)C1CC(NCC)CCCCO1. The smallest absolute Gasteiger partial charge is 0.0643 e. The van der Waals surface area contributed by atoms with Crippen LogP contribution in [0.25, 0.3) is 0 Å². The van der Waals surface area contributed by atoms with Gasteiger partial charge in [-0.15, -0.1) is 0 Å². The van der Waals surface area contributed by atoms with Crippen LogP contribution in [-0.4, -0.2) is 48.2 Å². The molecule has 0 amide bonds. The Labute approximate surface area is 123 Å². The molecule has 1 aliphatic heterocycles. The molecule has 0 radical (unpaired) electrons. The van der Waals surface area contributed by atoms with Crippen molar-refractivity contribution < 1.29 is 14.9 Å². The summed E-state index contributed by atoms with van der Waals surface area (Å²) in [6.07, 6.45) is 6.50. The number of aliphatic hydroxyl groups is 2. The van der Waals surface area contributed by atoms with Gasteiger partial charge in [0.1, 0.15) is 0 Å². The summed E-state index contributed by atoms with van der Waals surface area (Å²) in [5.74, 6) is 0.0548. The van der Waals surface area contributed by atoms with Crippen LogP contribution in [-0.2, 0) is 4.74 Å². The fourth-order valence-corrected chi connectivity index (χ4v) is 3.25. The Morgan fingerprint density at radius 2 is 2.05 bits per heavy atom. The van der Waals surface area contributed by atoms with Gasteiger partial charge in [-0.05, 0) is 45.1 Å². The lowest BCUT2D eigenvalue weighted by atomic mass is 9.85. The maximum absolute atomic E-state index is 10.4. The van der Waals surface area contributed by atoms with E-state index >= 15 is 0 Å². The molecular formula is C16H33NO3. The molecule has 4 heteroatoms. The third kappa shape index (κ3) is 6.08. The first-order chi connectivity index (χ1) is 9.72. The zero-order chi connectivity index (χ0) is 14.8. The molecule has 120 valence electrons. The average Bonchev–Trinajstić information content (AvgIpc) is 2.40. The summed E-state index contributed by atoms with van der Waals surface area (Å²) in [5, 5.41) is 23.2. The van der Waals surface area contributed by atoms with E-state index in [1.807, 2.05) is 0 Å². The molecule has 1 rings (SSSR count). The Kier molecular flexibility index (Phi) is 9.44. The van der Waals surface area contributed by atoms with Crippen molar-refractivity contribution in [3.63, 3.8) is 0 Å². The molecule has 0 aromatic rings. The largest absolute Gasteiger partial charge is 0.396 e. The van der Waals surface area contributed by atoms with Gasteiger partial charge in [0.15, 0.2) is 0 Å². The third-order valence-corrected chi connectivity index (χ3v) is 4.31. The normalized spacial score (nSPS) is 27.6. The topological polar surface area (TPSA) is 61.7 Å². The van der Waals surface area contributed by atoms with Crippen LogP contribution in [0, 0.1) is 5.92 Å². The first-order valence-electron chi connectivity index (χ1n) is 8.36. The molecule has 3 N–H and O–H groups in total. The summed E-state index contributed by atoms with van der Waals surface area (Å²) in [6, 6.07) is 0.473. The van der Waals surface area contributed by atoms with E-state index < -0.39 is 0 Å². The van der Waals surface area contributed by atoms with Gasteiger partial charge in [0, 0.05) is 25.2 Å². The van der Waals surface area contributed by atoms with E-state index in [9.17, 15) is 10.2 Å². The highest BCUT2D eigenvalue weighted by atomic mass is 16.5. The molecular weight excluding hydrogens is 254 g/mol. The minimum Gasteiger partial charge on any atom is -0.396 e. The van der Waals surface area contributed by atoms with E-state index in [1.54, 1.807) is 0 Å². The van der Waals surface area contributed by atoms with Crippen molar-refractivity contribution in [1.82, 2.24) is 5.32 Å². The van der Waals surface area contributed by atoms with Crippen molar-refractivity contribution in [2.75, 3.05) is 19.8 Å². The second-order valence-corrected chi connectivity index (χ2v) is 5.93. The molecule has 0 spiro atoms. The first-order valence-corrected chi connectivity index (χ1v) is 8.36. The Morgan fingerprint density at radius 1 is 1.25 bits per heavy atom. The minimum atomic E-state index is -0.362. The van der Waals surface area contributed by atoms with E-state index in [-0.39, 0.29) is 24.7 Å². The Hall–Kier alpha value is -0.160. The standard InChI is InChI=1S/C16H33NO3/c1-3-7-15(19)14(9-10-18)16-12-13(17-4-2)8-5-6-11-20-16/h13-19H,3-12H2,1-2H3. The molecule has 1 saturated heterocycles. The highest BCUT2D eigenvalue weighted by Crippen LogP contribution is 2.26. The highest BCUT2D eigenvalue weighted by Gasteiger charge is 2.31. The number of hydrogen-bond acceptors (Lipinski definition) is 4. The van der Waals surface area contributed by atoms with Crippen LogP contribution in [0.4, 0.5) is 0 Å². The molecule has 4 atom stereocenters. The van der Waals surface area contributed by atoms with E-state index in [4.69, 9.17) is 4.74 Å². The lowest BCUT2D eigenvalue weighted by molar-refractivity contribution is -0.0607. The zero-order valence-electron chi connectivity index (χ0n) is 13.2. The maximum Gasteiger partial charge on any atom is 0.0643 e. The molecule has 1 aliphatic rings. The molecule has 0 aliphatic carbocycles. The molecule has 0 aromatic carbocycles. The van der Waals surface area contributed by atoms with Gasteiger partial charge in [-0.1, -0.05) is 20.3 Å². The minimum absolute atomic E-state index is 0.0548. The molecule has 0 aromatic heterocycles. The lowest BCUT2D eigenvalue weighted by Crippen LogP contribution is -2.42. The predicted molar refractivity (Wildman–Crippen MR) is 81.8 cm³/mol. The Bertz CT molecular complexity index is 234. The summed E-state index contributed by atoms with van der Waals surface area (Å²) in [4.78, 5) is 0. The van der Waals surface area contributed by atoms with Crippen LogP contribution in [0.15, 0.2) is 0 Å². The van der Waals surface area contributed by atoms with Crippen LogP contribution in [0.5, 0.6) is 0 Å². The van der Waals surface area contributed by atoms with Crippen molar-refractivity contribution in [3.05, 3.63) is 0 Å². The summed E-state index contributed by atoms with van der Waals surface area (Å²) in [6.45, 7) is 6.09. The van der Waals surface area contributed by atoms with Crippen LogP contribution < -0.4 is 5.32 Å². The van der Waals surface area contributed by atoms with Crippen LogP contribution in [0.3, 0.4) is 0 Å². The van der Waals surface area contributed by atoms with E-state index in [0.29, 0.717) is 12.5 Å². The second kappa shape index (κ2) is 10.6. The monoisotopic (exact) mass is 287 g/mol. The molecule has 1 fully saturated rings. The number of aliphatic hydroxyl groups excluding tert-OH is 2. The van der Waals surface area contributed by atoms with Gasteiger partial charge < -0.3 is 20.3 Å². The number of ether oxygens (including phenoxy) is 1. The fraction of sp³-hybridized carbons (Fsp3) is 1.00. The fourth-order valence-electron chi connectivity index (χ4n) is 3.25. The van der Waals surface area contributed by atoms with E-state index in [1.165, 1.54) is 12.8 Å². The van der Waals surface area contributed by atoms with Crippen LogP contribution in [0.2, 0.25) is 0 Å². The molecule has 4 nitrogen and oxygen atoms in total. The molecule has 4 unspecified atom stereocenters. The number of hydrogen-bond donors (Lipinski definition) is 3. The number of nitrogens with one attached hydrogen (secondary N) is 1. The van der Waals surface area contributed by atoms with Gasteiger partial charge in [0.25, 0.3) is 0 Å². The molecule has 0 saturated carbocycles. The average molecular weight is 287 g/mol. The zero-order valence-corrected chi connectivity index (χ0v) is 13.2. The van der Waals surface area contributed by atoms with Crippen molar-refractivity contribution in [1.29, 1.82) is 0 Å². The van der Waals surface area contributed by atoms with Gasteiger partial charge in [-0.25, -0.2) is 0 Å². The third-order valence-electron chi connectivity index (χ3n) is 4.31. The molecule has 20 heavy (non-hydrogen) atoms. The molecule has 0 bridgehead atoms. The van der Waals surface area contributed by atoms with E-state index in [2.05, 4.69) is 19.2 Å². The van der Waals surface area contributed by atoms with Crippen molar-refractivity contribution in [2.24, 2.45) is 5.92 Å². The Morgan fingerprint density at radius 3 is 2.70 bits per heavy atom. The molecule has 1 heterocycles. The van der Waals surface area contributed by atoms with Crippen molar-refractivity contribution >= 4 is 0 Å². The summed E-state index contributed by atoms with van der Waals surface area (Å²) in [7, 11) is 0. The van der Waals surface area contributed by atoms with Crippen LogP contribution >= 0.6 is 0 Å². The number of rotatable bonds is 8. The quantitative estimate of drug-likeness (QED) is 0.640. The van der Waals surface area contributed by atoms with Crippen LogP contribution in [0.1, 0.15) is 58.8 Å². The van der Waals surface area contributed by atoms with Gasteiger partial charge in [-0.2, -0.15) is 0 Å². The predicted octanol–water partition coefficient (Wildman–Crippen LogP) is 2.08. The van der Waals surface area contributed by atoms with Gasteiger partial charge in [-0.3, -0.25) is 0 Å². The van der Waals surface area contributed by atoms with Gasteiger partial charge >= 0.3 is 0 Å². The summed E-state index contributed by atoms with van der Waals surface area (Å²) in [5.41, 5.74) is 0. The lowest BCUT2D eigenvalue weighted by Gasteiger charge is -2.35. The van der Waals surface area contributed by atoms with E-state index in [0.717, 1.165) is 38.8 Å². The summed E-state index contributed by atoms with van der Waals surface area (Å²) < 4.78 is 6.03. The Balaban J connectivity index is 2.67. The van der Waals surface area contributed by atoms with Crippen molar-refractivity contribution in [2.45, 2.75) is 77.0 Å². The maximum atomic E-state index is 10.4. The van der Waals surface area contributed by atoms with Gasteiger partial charge in [0.05, 0.1) is 12.2 Å².